The van der Waals surface area contributed by atoms with Crippen LogP contribution >= 0.6 is 0 Å². The van der Waals surface area contributed by atoms with Crippen molar-refractivity contribution in [1.29, 1.82) is 0 Å². The van der Waals surface area contributed by atoms with Gasteiger partial charge in [-0.15, -0.1) is 0 Å². The van der Waals surface area contributed by atoms with Crippen LogP contribution in [-0.4, -0.2) is 49.2 Å². The minimum absolute atomic E-state index is 0.180. The molecule has 2 rings (SSSR count). The molecule has 2 aliphatic carbocycles. The van der Waals surface area contributed by atoms with Crippen LogP contribution in [0, 0.1) is 5.92 Å². The lowest BCUT2D eigenvalue weighted by Gasteiger charge is -2.33. The Bertz CT molecular complexity index is 251. The monoisotopic (exact) mass is 257 g/mol. The third kappa shape index (κ3) is 4.19. The molecule has 2 saturated carbocycles. The Morgan fingerprint density at radius 3 is 2.44 bits per heavy atom. The summed E-state index contributed by atoms with van der Waals surface area (Å²) in [5.74, 6) is 0.592. The highest BCUT2D eigenvalue weighted by Gasteiger charge is 2.47. The van der Waals surface area contributed by atoms with Gasteiger partial charge >= 0.3 is 0 Å². The maximum absolute atomic E-state index is 9.73. The first-order valence-electron chi connectivity index (χ1n) is 7.24. The van der Waals surface area contributed by atoms with E-state index >= 15 is 0 Å². The molecule has 18 heavy (non-hydrogen) atoms. The van der Waals surface area contributed by atoms with E-state index in [4.69, 9.17) is 9.47 Å². The van der Waals surface area contributed by atoms with Gasteiger partial charge in [0.2, 0.25) is 0 Å². The molecule has 0 bridgehead atoms. The third-order valence-electron chi connectivity index (χ3n) is 3.75. The zero-order chi connectivity index (χ0) is 13.0. The second kappa shape index (κ2) is 6.33. The van der Waals surface area contributed by atoms with Crippen LogP contribution in [0.25, 0.3) is 0 Å². The summed E-state index contributed by atoms with van der Waals surface area (Å²) >= 11 is 0. The van der Waals surface area contributed by atoms with Crippen molar-refractivity contribution in [1.82, 2.24) is 5.32 Å². The fourth-order valence-corrected chi connectivity index (χ4v) is 2.36. The van der Waals surface area contributed by atoms with Gasteiger partial charge in [0.15, 0.2) is 0 Å². The molecule has 0 spiro atoms. The number of rotatable bonds is 10. The van der Waals surface area contributed by atoms with Gasteiger partial charge in [-0.1, -0.05) is 0 Å². The summed E-state index contributed by atoms with van der Waals surface area (Å²) in [7, 11) is 0. The highest BCUT2D eigenvalue weighted by Crippen LogP contribution is 2.41. The molecule has 2 fully saturated rings. The van der Waals surface area contributed by atoms with E-state index < -0.39 is 0 Å². The van der Waals surface area contributed by atoms with E-state index in [9.17, 15) is 5.11 Å². The average molecular weight is 257 g/mol. The Hall–Kier alpha value is -0.160. The molecule has 0 amide bonds. The highest BCUT2D eigenvalue weighted by molar-refractivity contribution is 5.04. The number of hydrogen-bond acceptors (Lipinski definition) is 4. The van der Waals surface area contributed by atoms with Gasteiger partial charge in [-0.3, -0.25) is 0 Å². The zero-order valence-corrected chi connectivity index (χ0v) is 11.7. The first-order chi connectivity index (χ1) is 8.66. The van der Waals surface area contributed by atoms with Crippen molar-refractivity contribution in [2.45, 2.75) is 57.2 Å². The maximum atomic E-state index is 9.73. The summed E-state index contributed by atoms with van der Waals surface area (Å²) in [6, 6.07) is 0.605. The van der Waals surface area contributed by atoms with Crippen molar-refractivity contribution < 1.29 is 14.6 Å². The van der Waals surface area contributed by atoms with E-state index in [1.807, 2.05) is 13.8 Å². The number of nitrogens with one attached hydrogen (secondary N) is 1. The molecule has 2 aliphatic rings. The maximum Gasteiger partial charge on any atom is 0.0703 e. The molecule has 4 heteroatoms. The molecule has 0 aliphatic heterocycles. The lowest BCUT2D eigenvalue weighted by molar-refractivity contribution is -0.0173. The van der Waals surface area contributed by atoms with Gasteiger partial charge in [-0.05, 0) is 45.4 Å². The Kier molecular flexibility index (Phi) is 5.01. The summed E-state index contributed by atoms with van der Waals surface area (Å²) < 4.78 is 11.2. The minimum atomic E-state index is -0.195. The topological polar surface area (TPSA) is 50.7 Å². The van der Waals surface area contributed by atoms with Gasteiger partial charge in [0.05, 0.1) is 38.1 Å². The van der Waals surface area contributed by atoms with Gasteiger partial charge in [0.25, 0.3) is 0 Å². The summed E-state index contributed by atoms with van der Waals surface area (Å²) in [5, 5.41) is 13.3. The van der Waals surface area contributed by atoms with E-state index in [0.29, 0.717) is 31.8 Å². The van der Waals surface area contributed by atoms with E-state index in [0.717, 1.165) is 0 Å². The molecule has 0 radical (unpaired) electrons. The quantitative estimate of drug-likeness (QED) is 0.580. The second-order valence-corrected chi connectivity index (χ2v) is 5.98. The van der Waals surface area contributed by atoms with Gasteiger partial charge in [-0.25, -0.2) is 0 Å². The van der Waals surface area contributed by atoms with Crippen molar-refractivity contribution in [3.8, 4) is 0 Å². The molecular weight excluding hydrogens is 230 g/mol. The molecule has 0 heterocycles. The smallest absolute Gasteiger partial charge is 0.0703 e. The minimum Gasteiger partial charge on any atom is -0.394 e. The van der Waals surface area contributed by atoms with Gasteiger partial charge in [-0.2, -0.15) is 0 Å². The standard InChI is InChI=1S/C14H27NO3/c1-11(2)18-8-7-17-10-14(9-16,12-3-4-12)15-13-5-6-13/h11-13,15-16H,3-10H2,1-2H3. The Labute approximate surface area is 110 Å². The Morgan fingerprint density at radius 2 is 1.94 bits per heavy atom. The van der Waals surface area contributed by atoms with E-state index in [-0.39, 0.29) is 18.2 Å². The van der Waals surface area contributed by atoms with Gasteiger partial charge in [0.1, 0.15) is 0 Å². The lowest BCUT2D eigenvalue weighted by atomic mass is 9.95. The van der Waals surface area contributed by atoms with Crippen LogP contribution in [-0.2, 0) is 9.47 Å². The molecule has 1 atom stereocenters. The first kappa shape index (κ1) is 14.3. The molecule has 0 aromatic carbocycles. The predicted molar refractivity (Wildman–Crippen MR) is 70.6 cm³/mol. The molecule has 4 nitrogen and oxygen atoms in total. The van der Waals surface area contributed by atoms with Gasteiger partial charge < -0.3 is 19.9 Å². The first-order valence-corrected chi connectivity index (χ1v) is 7.24. The molecule has 2 N–H and O–H groups in total. The van der Waals surface area contributed by atoms with Gasteiger partial charge in [0, 0.05) is 6.04 Å². The van der Waals surface area contributed by atoms with Crippen LogP contribution in [0.5, 0.6) is 0 Å². The van der Waals surface area contributed by atoms with Crippen molar-refractivity contribution in [2.75, 3.05) is 26.4 Å². The molecule has 0 saturated heterocycles. The van der Waals surface area contributed by atoms with Crippen LogP contribution in [0.1, 0.15) is 39.5 Å². The van der Waals surface area contributed by atoms with Crippen molar-refractivity contribution in [2.24, 2.45) is 5.92 Å². The predicted octanol–water partition coefficient (Wildman–Crippen LogP) is 1.32. The lowest BCUT2D eigenvalue weighted by Crippen LogP contribution is -2.55. The molecule has 0 aromatic heterocycles. The zero-order valence-electron chi connectivity index (χ0n) is 11.7. The summed E-state index contributed by atoms with van der Waals surface area (Å²) in [5.41, 5.74) is -0.195. The molecule has 1 unspecified atom stereocenters. The van der Waals surface area contributed by atoms with Crippen LogP contribution in [0.2, 0.25) is 0 Å². The fourth-order valence-electron chi connectivity index (χ4n) is 2.36. The highest BCUT2D eigenvalue weighted by atomic mass is 16.5. The SMILES string of the molecule is CC(C)OCCOCC(CO)(NC1CC1)C1CC1. The van der Waals surface area contributed by atoms with Crippen LogP contribution < -0.4 is 5.32 Å². The molecule has 0 aromatic rings. The second-order valence-electron chi connectivity index (χ2n) is 5.98. The molecular formula is C14H27NO3. The number of hydrogen-bond donors (Lipinski definition) is 2. The molecule has 106 valence electrons. The van der Waals surface area contributed by atoms with Crippen LogP contribution in [0.15, 0.2) is 0 Å². The third-order valence-corrected chi connectivity index (χ3v) is 3.75. The van der Waals surface area contributed by atoms with Crippen molar-refractivity contribution >= 4 is 0 Å². The summed E-state index contributed by atoms with van der Waals surface area (Å²) in [4.78, 5) is 0. The normalized spacial score (nSPS) is 23.3. The van der Waals surface area contributed by atoms with Crippen molar-refractivity contribution in [3.63, 3.8) is 0 Å². The average Bonchev–Trinajstić information content (AvgIpc) is 3.18. The number of ether oxygens (including phenoxy) is 2. The fraction of sp³-hybridized carbons (Fsp3) is 1.00. The van der Waals surface area contributed by atoms with Crippen LogP contribution in [0.4, 0.5) is 0 Å². The van der Waals surface area contributed by atoms with E-state index in [2.05, 4.69) is 5.32 Å². The van der Waals surface area contributed by atoms with E-state index in [1.165, 1.54) is 25.7 Å². The Morgan fingerprint density at radius 1 is 1.22 bits per heavy atom. The van der Waals surface area contributed by atoms with Crippen LogP contribution in [0.3, 0.4) is 0 Å². The largest absolute Gasteiger partial charge is 0.394 e. The van der Waals surface area contributed by atoms with E-state index in [1.54, 1.807) is 0 Å². The summed E-state index contributed by atoms with van der Waals surface area (Å²) in [6.45, 7) is 6.07. The number of aliphatic hydroxyl groups excluding tert-OH is 1. The summed E-state index contributed by atoms with van der Waals surface area (Å²) in [6.07, 6.45) is 5.16. The number of aliphatic hydroxyl groups is 1. The van der Waals surface area contributed by atoms with Crippen molar-refractivity contribution in [3.05, 3.63) is 0 Å². The Balaban J connectivity index is 1.70.